The molecular formula is C31H37F3N4O2. The van der Waals surface area contributed by atoms with E-state index < -0.39 is 11.8 Å². The zero-order valence-corrected chi connectivity index (χ0v) is 23.2. The predicted octanol–water partition coefficient (Wildman–Crippen LogP) is 5.12. The average Bonchev–Trinajstić information content (AvgIpc) is 2.90. The molecule has 2 heterocycles. The standard InChI is InChI=1S/C31H37F3N4O2/c1-22(2)36-29(39)18-28-21-37(19-24-12-14-35-15-13-24)16-17-38(28)20-23-4-6-25(7-5-23)26-8-10-27(11-9-26)30(3,40)31(32,33)34/h4-15,22,28,40H,16-21H2,1-3H3,(H,36,39)/t28-,30?/m1/s1. The number of carbonyl (C=O) groups is 1. The molecule has 2 atom stereocenters. The molecule has 0 bridgehead atoms. The van der Waals surface area contributed by atoms with E-state index in [1.165, 1.54) is 17.7 Å². The molecule has 40 heavy (non-hydrogen) atoms. The lowest BCUT2D eigenvalue weighted by atomic mass is 9.93. The first kappa shape index (κ1) is 29.7. The third kappa shape index (κ3) is 7.47. The first-order chi connectivity index (χ1) is 18.9. The average molecular weight is 555 g/mol. The number of alkyl halides is 3. The Balaban J connectivity index is 1.44. The number of nitrogens with one attached hydrogen (secondary N) is 1. The van der Waals surface area contributed by atoms with Gasteiger partial charge in [-0.3, -0.25) is 19.6 Å². The Morgan fingerprint density at radius 3 is 2.10 bits per heavy atom. The first-order valence-corrected chi connectivity index (χ1v) is 13.6. The van der Waals surface area contributed by atoms with Crippen LogP contribution in [0.15, 0.2) is 73.1 Å². The summed E-state index contributed by atoms with van der Waals surface area (Å²) in [6.07, 6.45) is -0.752. The molecule has 1 aliphatic rings. The summed E-state index contributed by atoms with van der Waals surface area (Å²) in [6, 6.07) is 17.9. The van der Waals surface area contributed by atoms with Crippen LogP contribution in [0, 0.1) is 0 Å². The normalized spacial score (nSPS) is 18.4. The molecule has 1 aliphatic heterocycles. The van der Waals surface area contributed by atoms with Crippen LogP contribution in [0.25, 0.3) is 11.1 Å². The van der Waals surface area contributed by atoms with Gasteiger partial charge >= 0.3 is 6.18 Å². The number of pyridine rings is 1. The van der Waals surface area contributed by atoms with Crippen molar-refractivity contribution in [1.29, 1.82) is 0 Å². The molecule has 2 N–H and O–H groups in total. The lowest BCUT2D eigenvalue weighted by molar-refractivity contribution is -0.258. The number of rotatable bonds is 9. The topological polar surface area (TPSA) is 68.7 Å². The van der Waals surface area contributed by atoms with Gasteiger partial charge in [-0.2, -0.15) is 13.2 Å². The lowest BCUT2D eigenvalue weighted by Gasteiger charge is -2.41. The van der Waals surface area contributed by atoms with Crippen molar-refractivity contribution in [3.05, 3.63) is 89.7 Å². The highest BCUT2D eigenvalue weighted by atomic mass is 19.4. The number of piperazine rings is 1. The molecular weight excluding hydrogens is 517 g/mol. The van der Waals surface area contributed by atoms with Crippen LogP contribution < -0.4 is 5.32 Å². The summed E-state index contributed by atoms with van der Waals surface area (Å²) < 4.78 is 39.5. The number of benzene rings is 2. The highest BCUT2D eigenvalue weighted by Gasteiger charge is 2.51. The number of hydrogen-bond acceptors (Lipinski definition) is 5. The second kappa shape index (κ2) is 12.5. The molecule has 1 unspecified atom stereocenters. The molecule has 4 rings (SSSR count). The van der Waals surface area contributed by atoms with Gasteiger partial charge in [-0.25, -0.2) is 0 Å². The van der Waals surface area contributed by atoms with Crippen LogP contribution in [0.4, 0.5) is 13.2 Å². The van der Waals surface area contributed by atoms with Crippen molar-refractivity contribution in [2.75, 3.05) is 19.6 Å². The van der Waals surface area contributed by atoms with E-state index in [1.807, 2.05) is 50.2 Å². The summed E-state index contributed by atoms with van der Waals surface area (Å²) in [5.41, 5.74) is 0.825. The molecule has 0 aliphatic carbocycles. The number of carbonyl (C=O) groups excluding carboxylic acids is 1. The van der Waals surface area contributed by atoms with E-state index in [1.54, 1.807) is 24.5 Å². The Labute approximate surface area is 233 Å². The van der Waals surface area contributed by atoms with Crippen LogP contribution in [-0.2, 0) is 23.5 Å². The van der Waals surface area contributed by atoms with Crippen molar-refractivity contribution in [3.8, 4) is 11.1 Å². The van der Waals surface area contributed by atoms with Gasteiger partial charge < -0.3 is 10.4 Å². The monoisotopic (exact) mass is 554 g/mol. The molecule has 1 fully saturated rings. The van der Waals surface area contributed by atoms with Gasteiger partial charge in [0.05, 0.1) is 0 Å². The molecule has 3 aromatic rings. The second-order valence-electron chi connectivity index (χ2n) is 11.0. The molecule has 1 aromatic heterocycles. The summed E-state index contributed by atoms with van der Waals surface area (Å²) in [7, 11) is 0. The third-order valence-corrected chi connectivity index (χ3v) is 7.39. The van der Waals surface area contributed by atoms with Gasteiger partial charge in [0, 0.05) is 63.6 Å². The van der Waals surface area contributed by atoms with E-state index in [-0.39, 0.29) is 23.6 Å². The van der Waals surface area contributed by atoms with Crippen molar-refractivity contribution >= 4 is 5.91 Å². The third-order valence-electron chi connectivity index (χ3n) is 7.39. The first-order valence-electron chi connectivity index (χ1n) is 13.6. The zero-order valence-electron chi connectivity index (χ0n) is 23.2. The van der Waals surface area contributed by atoms with Crippen molar-refractivity contribution in [1.82, 2.24) is 20.1 Å². The maximum atomic E-state index is 13.2. The summed E-state index contributed by atoms with van der Waals surface area (Å²) in [5, 5.41) is 12.9. The maximum absolute atomic E-state index is 13.2. The molecule has 1 amide bonds. The smallest absolute Gasteiger partial charge is 0.376 e. The number of amides is 1. The molecule has 9 heteroatoms. The van der Waals surface area contributed by atoms with Gasteiger partial charge in [0.25, 0.3) is 0 Å². The van der Waals surface area contributed by atoms with Gasteiger partial charge in [-0.15, -0.1) is 0 Å². The summed E-state index contributed by atoms with van der Waals surface area (Å²) in [5.74, 6) is 0.0408. The highest BCUT2D eigenvalue weighted by Crippen LogP contribution is 2.39. The van der Waals surface area contributed by atoms with Crippen molar-refractivity contribution in [2.24, 2.45) is 0 Å². The van der Waals surface area contributed by atoms with Gasteiger partial charge in [0.15, 0.2) is 5.60 Å². The summed E-state index contributed by atoms with van der Waals surface area (Å²) >= 11 is 0. The molecule has 214 valence electrons. The Morgan fingerprint density at radius 1 is 0.950 bits per heavy atom. The van der Waals surface area contributed by atoms with Crippen molar-refractivity contribution in [2.45, 2.75) is 64.1 Å². The van der Waals surface area contributed by atoms with E-state index in [0.717, 1.165) is 49.8 Å². The molecule has 0 spiro atoms. The number of halogens is 3. The molecule has 1 saturated heterocycles. The zero-order chi connectivity index (χ0) is 28.9. The van der Waals surface area contributed by atoms with Crippen LogP contribution in [0.1, 0.15) is 43.9 Å². The highest BCUT2D eigenvalue weighted by molar-refractivity contribution is 5.76. The van der Waals surface area contributed by atoms with Gasteiger partial charge in [-0.1, -0.05) is 48.5 Å². The van der Waals surface area contributed by atoms with Crippen molar-refractivity contribution in [3.63, 3.8) is 0 Å². The van der Waals surface area contributed by atoms with Crippen LogP contribution in [0.5, 0.6) is 0 Å². The van der Waals surface area contributed by atoms with Crippen LogP contribution in [0.2, 0.25) is 0 Å². The van der Waals surface area contributed by atoms with Crippen LogP contribution >= 0.6 is 0 Å². The largest absolute Gasteiger partial charge is 0.421 e. The van der Waals surface area contributed by atoms with E-state index in [4.69, 9.17) is 0 Å². The van der Waals surface area contributed by atoms with Gasteiger partial charge in [0.2, 0.25) is 5.91 Å². The van der Waals surface area contributed by atoms with Gasteiger partial charge in [-0.05, 0) is 60.7 Å². The minimum atomic E-state index is -4.76. The Bertz CT molecular complexity index is 1250. The van der Waals surface area contributed by atoms with E-state index in [2.05, 4.69) is 20.1 Å². The SMILES string of the molecule is CC(C)NC(=O)C[C@@H]1CN(Cc2ccncc2)CCN1Cc1ccc(-c2ccc(C(C)(O)C(F)(F)F)cc2)cc1. The fraction of sp³-hybridized carbons (Fsp3) is 0.419. The molecule has 2 aromatic carbocycles. The molecule has 0 saturated carbocycles. The van der Waals surface area contributed by atoms with E-state index in [0.29, 0.717) is 13.0 Å². The minimum Gasteiger partial charge on any atom is -0.376 e. The summed E-state index contributed by atoms with van der Waals surface area (Å²) in [4.78, 5) is 21.5. The number of hydrogen-bond donors (Lipinski definition) is 2. The number of aliphatic hydroxyl groups is 1. The maximum Gasteiger partial charge on any atom is 0.421 e. The Morgan fingerprint density at radius 2 is 1.52 bits per heavy atom. The quantitative estimate of drug-likeness (QED) is 0.384. The second-order valence-corrected chi connectivity index (χ2v) is 11.0. The van der Waals surface area contributed by atoms with Crippen molar-refractivity contribution < 1.29 is 23.1 Å². The molecule has 0 radical (unpaired) electrons. The van der Waals surface area contributed by atoms with E-state index in [9.17, 15) is 23.1 Å². The minimum absolute atomic E-state index is 0.0408. The predicted molar refractivity (Wildman–Crippen MR) is 149 cm³/mol. The fourth-order valence-corrected chi connectivity index (χ4v) is 5.03. The Hall–Kier alpha value is -3.27. The lowest BCUT2D eigenvalue weighted by Crippen LogP contribution is -2.53. The van der Waals surface area contributed by atoms with Crippen LogP contribution in [0.3, 0.4) is 0 Å². The summed E-state index contributed by atoms with van der Waals surface area (Å²) in [6.45, 7) is 8.67. The Kier molecular flexibility index (Phi) is 9.28. The van der Waals surface area contributed by atoms with E-state index >= 15 is 0 Å². The number of aromatic nitrogens is 1. The fourth-order valence-electron chi connectivity index (χ4n) is 5.03. The number of nitrogens with zero attached hydrogens (tertiary/aromatic N) is 3. The van der Waals surface area contributed by atoms with Crippen LogP contribution in [-0.4, -0.2) is 63.7 Å². The molecule has 6 nitrogen and oxygen atoms in total. The van der Waals surface area contributed by atoms with Gasteiger partial charge in [0.1, 0.15) is 0 Å².